The van der Waals surface area contributed by atoms with Crippen LogP contribution in [0.5, 0.6) is 0 Å². The lowest BCUT2D eigenvalue weighted by Gasteiger charge is -2.17. The van der Waals surface area contributed by atoms with Gasteiger partial charge in [-0.15, -0.1) is 0 Å². The van der Waals surface area contributed by atoms with E-state index in [4.69, 9.17) is 29.2 Å². The highest BCUT2D eigenvalue weighted by molar-refractivity contribution is 5.97. The highest BCUT2D eigenvalue weighted by atomic mass is 16.5. The van der Waals surface area contributed by atoms with E-state index in [0.717, 1.165) is 33.4 Å². The van der Waals surface area contributed by atoms with E-state index < -0.39 is 0 Å². The smallest absolute Gasteiger partial charge is 0.216 e. The Morgan fingerprint density at radius 2 is 0.600 bits per heavy atom. The van der Waals surface area contributed by atoms with Crippen molar-refractivity contribution >= 4 is 17.7 Å². The number of benzene rings is 3. The Labute approximate surface area is 263 Å². The molecule has 0 atom stereocenters. The van der Waals surface area contributed by atoms with Crippen LogP contribution in [0.2, 0.25) is 0 Å². The third kappa shape index (κ3) is 6.07. The number of nitrogens with zero attached hydrogens (tertiary/aromatic N) is 6. The summed E-state index contributed by atoms with van der Waals surface area (Å²) in [6.07, 6.45) is 0. The van der Waals surface area contributed by atoms with Crippen LogP contribution in [0.1, 0.15) is 58.2 Å². The van der Waals surface area contributed by atoms with Crippen molar-refractivity contribution in [3.05, 3.63) is 89.5 Å². The fourth-order valence-electron chi connectivity index (χ4n) is 5.26. The minimum Gasteiger partial charge on any atom is -0.469 e. The van der Waals surface area contributed by atoms with Crippen molar-refractivity contribution in [3.63, 3.8) is 0 Å². The zero-order chi connectivity index (χ0) is 31.4. The molecule has 9 heteroatoms. The maximum atomic E-state index is 6.02. The lowest BCUT2D eigenvalue weighted by atomic mass is 10.1. The van der Waals surface area contributed by atoms with Crippen molar-refractivity contribution in [2.75, 3.05) is 19.6 Å². The number of hydrogen-bond donors (Lipinski definition) is 0. The van der Waals surface area contributed by atoms with E-state index in [9.17, 15) is 0 Å². The number of hydrogen-bond acceptors (Lipinski definition) is 9. The molecule has 0 spiro atoms. The molecule has 1 aromatic heterocycles. The summed E-state index contributed by atoms with van der Waals surface area (Å²) < 4.78 is 18.1. The van der Waals surface area contributed by atoms with Crippen LogP contribution in [0.25, 0.3) is 34.2 Å². The summed E-state index contributed by atoms with van der Waals surface area (Å²) in [5.74, 6) is 3.67. The highest BCUT2D eigenvalue weighted by Crippen LogP contribution is 2.29. The molecule has 0 N–H and O–H groups in total. The van der Waals surface area contributed by atoms with Gasteiger partial charge in [0.2, 0.25) is 17.7 Å². The van der Waals surface area contributed by atoms with Crippen molar-refractivity contribution in [3.8, 4) is 34.2 Å². The van der Waals surface area contributed by atoms with Crippen LogP contribution in [0.3, 0.4) is 0 Å². The normalized spacial score (nSPS) is 19.2. The summed E-state index contributed by atoms with van der Waals surface area (Å²) in [6.45, 7) is 14.1. The molecule has 0 amide bonds. The summed E-state index contributed by atoms with van der Waals surface area (Å²) in [4.78, 5) is 28.5. The number of ether oxygens (including phenoxy) is 3. The average molecular weight is 601 g/mol. The van der Waals surface area contributed by atoms with Gasteiger partial charge in [-0.05, 0) is 77.9 Å². The van der Waals surface area contributed by atoms with Crippen molar-refractivity contribution < 1.29 is 14.2 Å². The first-order valence-corrected chi connectivity index (χ1v) is 15.2. The molecule has 3 aromatic carbocycles. The van der Waals surface area contributed by atoms with Gasteiger partial charge in [-0.2, -0.15) is 0 Å². The molecule has 228 valence electrons. The molecule has 3 aliphatic rings. The topological polar surface area (TPSA) is 103 Å². The van der Waals surface area contributed by atoms with Gasteiger partial charge in [-0.3, -0.25) is 0 Å². The van der Waals surface area contributed by atoms with Crippen LogP contribution < -0.4 is 0 Å². The Bertz CT molecular complexity index is 1620. The van der Waals surface area contributed by atoms with Crippen LogP contribution >= 0.6 is 0 Å². The molecule has 0 bridgehead atoms. The molecule has 4 heterocycles. The lowest BCUT2D eigenvalue weighted by Crippen LogP contribution is -2.24. The summed E-state index contributed by atoms with van der Waals surface area (Å²) in [5, 5.41) is 0. The van der Waals surface area contributed by atoms with Crippen molar-refractivity contribution in [2.45, 2.75) is 58.3 Å². The van der Waals surface area contributed by atoms with Gasteiger partial charge in [0.25, 0.3) is 0 Å². The number of aliphatic imine (C=N–C) groups is 3. The summed E-state index contributed by atoms with van der Waals surface area (Å²) in [5.41, 5.74) is 4.47. The minimum atomic E-state index is -0.295. The van der Waals surface area contributed by atoms with Gasteiger partial charge >= 0.3 is 0 Å². The fraction of sp³-hybridized carbons (Fsp3) is 0.333. The molecule has 45 heavy (non-hydrogen) atoms. The van der Waals surface area contributed by atoms with Crippen LogP contribution in [0, 0.1) is 0 Å². The molecule has 4 aromatic rings. The molecule has 0 radical (unpaired) electrons. The first kappa shape index (κ1) is 28.8. The van der Waals surface area contributed by atoms with Crippen LogP contribution in [-0.4, -0.2) is 69.1 Å². The van der Waals surface area contributed by atoms with E-state index in [1.807, 2.05) is 114 Å². The van der Waals surface area contributed by atoms with Gasteiger partial charge in [0, 0.05) is 33.4 Å². The molecule has 0 fully saturated rings. The third-order valence-corrected chi connectivity index (χ3v) is 7.73. The molecule has 0 aliphatic carbocycles. The molecule has 9 nitrogen and oxygen atoms in total. The molecule has 7 rings (SSSR count). The summed E-state index contributed by atoms with van der Waals surface area (Å²) in [7, 11) is 0. The largest absolute Gasteiger partial charge is 0.469 e. The van der Waals surface area contributed by atoms with Crippen LogP contribution in [0.15, 0.2) is 87.8 Å². The predicted octanol–water partition coefficient (Wildman–Crippen LogP) is 6.54. The van der Waals surface area contributed by atoms with E-state index in [0.29, 0.717) is 54.8 Å². The Morgan fingerprint density at radius 1 is 0.378 bits per heavy atom. The second kappa shape index (κ2) is 10.6. The lowest BCUT2D eigenvalue weighted by molar-refractivity contribution is 0.131. The van der Waals surface area contributed by atoms with Crippen LogP contribution in [0.4, 0.5) is 0 Å². The standard InChI is InChI=1S/C36H36N6O3/c1-34(2)19-37-31(43-34)25-13-7-22(8-14-25)28-40-29(23-9-15-26(16-10-23)32-38-20-35(3,4)44-32)42-30(41-28)24-11-17-27(18-12-24)33-39-21-36(5,6)45-33/h7-18H,19-21H2,1-6H3. The Morgan fingerprint density at radius 3 is 0.800 bits per heavy atom. The van der Waals surface area contributed by atoms with Gasteiger partial charge in [0.15, 0.2) is 17.5 Å². The third-order valence-electron chi connectivity index (χ3n) is 7.73. The maximum Gasteiger partial charge on any atom is 0.216 e. The molecular weight excluding hydrogens is 564 g/mol. The molecule has 3 aliphatic heterocycles. The number of aromatic nitrogens is 3. The SMILES string of the molecule is CC1(C)CN=C(c2ccc(-c3nc(-c4ccc(C5=NCC(C)(C)O5)cc4)nc(-c4ccc(C5=NCC(C)(C)O5)cc4)n3)cc2)O1. The fourth-order valence-corrected chi connectivity index (χ4v) is 5.26. The summed E-state index contributed by atoms with van der Waals surface area (Å²) in [6, 6.07) is 24.0. The molecule has 0 unspecified atom stereocenters. The average Bonchev–Trinajstić information content (AvgIpc) is 3.71. The Hall–Kier alpha value is -4.92. The second-order valence-electron chi connectivity index (χ2n) is 13.5. The van der Waals surface area contributed by atoms with Crippen molar-refractivity contribution in [1.29, 1.82) is 0 Å². The van der Waals surface area contributed by atoms with Gasteiger partial charge in [-0.1, -0.05) is 36.4 Å². The molecule has 0 saturated heterocycles. The first-order chi connectivity index (χ1) is 21.4. The zero-order valence-electron chi connectivity index (χ0n) is 26.5. The van der Waals surface area contributed by atoms with Gasteiger partial charge < -0.3 is 14.2 Å². The molecule has 0 saturated carbocycles. The van der Waals surface area contributed by atoms with E-state index in [1.54, 1.807) is 0 Å². The predicted molar refractivity (Wildman–Crippen MR) is 176 cm³/mol. The first-order valence-electron chi connectivity index (χ1n) is 15.2. The zero-order valence-corrected chi connectivity index (χ0v) is 26.5. The maximum absolute atomic E-state index is 6.02. The van der Waals surface area contributed by atoms with E-state index in [1.165, 1.54) is 0 Å². The highest BCUT2D eigenvalue weighted by Gasteiger charge is 2.30. The Kier molecular flexibility index (Phi) is 6.80. The monoisotopic (exact) mass is 600 g/mol. The van der Waals surface area contributed by atoms with Gasteiger partial charge in [-0.25, -0.2) is 29.9 Å². The van der Waals surface area contributed by atoms with Gasteiger partial charge in [0.05, 0.1) is 19.6 Å². The van der Waals surface area contributed by atoms with E-state index in [2.05, 4.69) is 15.0 Å². The second-order valence-corrected chi connectivity index (χ2v) is 13.5. The van der Waals surface area contributed by atoms with E-state index in [-0.39, 0.29) is 16.8 Å². The van der Waals surface area contributed by atoms with Crippen molar-refractivity contribution in [1.82, 2.24) is 15.0 Å². The van der Waals surface area contributed by atoms with Crippen LogP contribution in [-0.2, 0) is 14.2 Å². The molecular formula is C36H36N6O3. The van der Waals surface area contributed by atoms with Crippen molar-refractivity contribution in [2.24, 2.45) is 15.0 Å². The van der Waals surface area contributed by atoms with Gasteiger partial charge in [0.1, 0.15) is 16.8 Å². The minimum absolute atomic E-state index is 0.295. The number of rotatable bonds is 6. The van der Waals surface area contributed by atoms with E-state index >= 15 is 0 Å². The summed E-state index contributed by atoms with van der Waals surface area (Å²) >= 11 is 0. The Balaban J connectivity index is 1.23. The quantitative estimate of drug-likeness (QED) is 0.249.